The summed E-state index contributed by atoms with van der Waals surface area (Å²) in [6, 6.07) is 5.46. The lowest BCUT2D eigenvalue weighted by Crippen LogP contribution is -2.29. The summed E-state index contributed by atoms with van der Waals surface area (Å²) in [4.78, 5) is 1.87. The molecule has 96 valence electrons. The molecule has 0 heterocycles. The van der Waals surface area contributed by atoms with Crippen molar-refractivity contribution < 1.29 is 14.9 Å². The van der Waals surface area contributed by atoms with Gasteiger partial charge in [0.1, 0.15) is 5.75 Å². The second-order valence-corrected chi connectivity index (χ2v) is 3.59. The van der Waals surface area contributed by atoms with Gasteiger partial charge in [0.15, 0.2) is 0 Å². The highest BCUT2D eigenvalue weighted by Gasteiger charge is 2.08. The Bertz CT molecular complexity index is 339. The molecule has 0 aliphatic heterocycles. The summed E-state index contributed by atoms with van der Waals surface area (Å²) in [5, 5.41) is 17.9. The number of aliphatic hydroxyl groups is 2. The van der Waals surface area contributed by atoms with Crippen LogP contribution in [0.25, 0.3) is 0 Å². The largest absolute Gasteiger partial charge is 0.492 e. The zero-order valence-corrected chi connectivity index (χ0v) is 10.1. The first kappa shape index (κ1) is 13.6. The van der Waals surface area contributed by atoms with Crippen molar-refractivity contribution in [2.75, 3.05) is 43.5 Å². The first-order valence-corrected chi connectivity index (χ1v) is 5.72. The van der Waals surface area contributed by atoms with E-state index in [1.807, 2.05) is 17.9 Å². The smallest absolute Gasteiger partial charge is 0.142 e. The predicted octanol–water partition coefficient (Wildman–Crippen LogP) is 0.459. The van der Waals surface area contributed by atoms with Gasteiger partial charge in [-0.3, -0.25) is 0 Å². The molecule has 0 bridgehead atoms. The number of aliphatic hydroxyl groups excluding tert-OH is 2. The molecule has 0 fully saturated rings. The first-order valence-electron chi connectivity index (χ1n) is 5.72. The molecule has 0 aromatic heterocycles. The molecule has 0 unspecified atom stereocenters. The van der Waals surface area contributed by atoms with Gasteiger partial charge in [-0.15, -0.1) is 0 Å². The normalized spacial score (nSPS) is 10.3. The molecule has 5 heteroatoms. The highest BCUT2D eigenvalue weighted by Crippen LogP contribution is 2.27. The third kappa shape index (κ3) is 3.80. The number of hydrogen-bond donors (Lipinski definition) is 3. The molecular weight excluding hydrogens is 220 g/mol. The average Bonchev–Trinajstić information content (AvgIpc) is 2.32. The van der Waals surface area contributed by atoms with E-state index in [0.717, 1.165) is 5.69 Å². The molecule has 0 saturated carbocycles. The minimum atomic E-state index is 0.0348. The Balaban J connectivity index is 2.85. The average molecular weight is 240 g/mol. The predicted molar refractivity (Wildman–Crippen MR) is 68.4 cm³/mol. The first-order chi connectivity index (χ1) is 8.22. The van der Waals surface area contributed by atoms with E-state index >= 15 is 0 Å². The Kier molecular flexibility index (Phi) is 5.59. The van der Waals surface area contributed by atoms with Crippen LogP contribution in [0, 0.1) is 0 Å². The number of nitrogens with two attached hydrogens (primary N) is 1. The fourth-order valence-electron chi connectivity index (χ4n) is 1.63. The van der Waals surface area contributed by atoms with Crippen LogP contribution in [0.1, 0.15) is 6.92 Å². The summed E-state index contributed by atoms with van der Waals surface area (Å²) in [5.41, 5.74) is 7.29. The van der Waals surface area contributed by atoms with E-state index in [1.165, 1.54) is 0 Å². The van der Waals surface area contributed by atoms with Crippen molar-refractivity contribution in [3.8, 4) is 5.75 Å². The molecule has 1 aromatic carbocycles. The maximum absolute atomic E-state index is 8.95. The molecule has 0 radical (unpaired) electrons. The summed E-state index contributed by atoms with van der Waals surface area (Å²) < 4.78 is 5.35. The molecule has 0 aliphatic carbocycles. The van der Waals surface area contributed by atoms with E-state index in [4.69, 9.17) is 20.7 Å². The van der Waals surface area contributed by atoms with Gasteiger partial charge < -0.3 is 25.6 Å². The standard InChI is InChI=1S/C12H20N2O3/c1-2-17-12-4-3-10(9-11(12)13)14(5-7-15)6-8-16/h3-4,9,15-16H,2,5-8,13H2,1H3. The third-order valence-electron chi connectivity index (χ3n) is 2.40. The Morgan fingerprint density at radius 3 is 2.35 bits per heavy atom. The Labute approximate surface area is 101 Å². The molecule has 0 spiro atoms. The summed E-state index contributed by atoms with van der Waals surface area (Å²) >= 11 is 0. The van der Waals surface area contributed by atoms with Gasteiger partial charge in [0.05, 0.1) is 25.5 Å². The molecule has 1 aromatic rings. The molecule has 0 aliphatic rings. The molecule has 5 nitrogen and oxygen atoms in total. The monoisotopic (exact) mass is 240 g/mol. The molecule has 0 amide bonds. The molecule has 0 atom stereocenters. The molecule has 1 rings (SSSR count). The fourth-order valence-corrected chi connectivity index (χ4v) is 1.63. The van der Waals surface area contributed by atoms with Gasteiger partial charge in [-0.25, -0.2) is 0 Å². The lowest BCUT2D eigenvalue weighted by molar-refractivity contribution is 0.281. The zero-order valence-electron chi connectivity index (χ0n) is 10.1. The van der Waals surface area contributed by atoms with Gasteiger partial charge in [0, 0.05) is 18.8 Å². The maximum atomic E-state index is 8.95. The minimum absolute atomic E-state index is 0.0348. The van der Waals surface area contributed by atoms with Crippen LogP contribution in [0.4, 0.5) is 11.4 Å². The number of nitrogens with zero attached hydrogens (tertiary/aromatic N) is 1. The van der Waals surface area contributed by atoms with Crippen LogP contribution in [0.3, 0.4) is 0 Å². The van der Waals surface area contributed by atoms with Crippen molar-refractivity contribution in [2.45, 2.75) is 6.92 Å². The van der Waals surface area contributed by atoms with Crippen LogP contribution in [0.2, 0.25) is 0 Å². The van der Waals surface area contributed by atoms with Gasteiger partial charge in [-0.1, -0.05) is 0 Å². The Morgan fingerprint density at radius 2 is 1.88 bits per heavy atom. The van der Waals surface area contributed by atoms with Gasteiger partial charge in [0.2, 0.25) is 0 Å². The second-order valence-electron chi connectivity index (χ2n) is 3.59. The summed E-state index contributed by atoms with van der Waals surface area (Å²) in [5.74, 6) is 0.657. The van der Waals surface area contributed by atoms with E-state index in [-0.39, 0.29) is 13.2 Å². The van der Waals surface area contributed by atoms with Crippen LogP contribution >= 0.6 is 0 Å². The van der Waals surface area contributed by atoms with Crippen LogP contribution in [-0.2, 0) is 0 Å². The Morgan fingerprint density at radius 1 is 1.24 bits per heavy atom. The zero-order chi connectivity index (χ0) is 12.7. The highest BCUT2D eigenvalue weighted by atomic mass is 16.5. The highest BCUT2D eigenvalue weighted by molar-refractivity contribution is 5.63. The van der Waals surface area contributed by atoms with Crippen molar-refractivity contribution in [1.82, 2.24) is 0 Å². The maximum Gasteiger partial charge on any atom is 0.142 e. The summed E-state index contributed by atoms with van der Waals surface area (Å²) in [7, 11) is 0. The molecule has 0 saturated heterocycles. The molecule has 17 heavy (non-hydrogen) atoms. The SMILES string of the molecule is CCOc1ccc(N(CCO)CCO)cc1N. The number of benzene rings is 1. The van der Waals surface area contributed by atoms with E-state index in [1.54, 1.807) is 12.1 Å². The number of anilines is 2. The number of nitrogen functional groups attached to an aromatic ring is 1. The fraction of sp³-hybridized carbons (Fsp3) is 0.500. The number of ether oxygens (including phenoxy) is 1. The van der Waals surface area contributed by atoms with Crippen molar-refractivity contribution >= 4 is 11.4 Å². The van der Waals surface area contributed by atoms with Crippen molar-refractivity contribution in [1.29, 1.82) is 0 Å². The number of rotatable bonds is 7. The lowest BCUT2D eigenvalue weighted by Gasteiger charge is -2.23. The van der Waals surface area contributed by atoms with E-state index in [0.29, 0.717) is 31.1 Å². The number of hydrogen-bond acceptors (Lipinski definition) is 5. The van der Waals surface area contributed by atoms with E-state index < -0.39 is 0 Å². The topological polar surface area (TPSA) is 79.0 Å². The van der Waals surface area contributed by atoms with Crippen molar-refractivity contribution in [3.63, 3.8) is 0 Å². The van der Waals surface area contributed by atoms with Gasteiger partial charge >= 0.3 is 0 Å². The lowest BCUT2D eigenvalue weighted by atomic mass is 10.2. The summed E-state index contributed by atoms with van der Waals surface area (Å²) in [6.45, 7) is 3.47. The van der Waals surface area contributed by atoms with Gasteiger partial charge in [-0.05, 0) is 25.1 Å². The molecular formula is C12H20N2O3. The van der Waals surface area contributed by atoms with E-state index in [9.17, 15) is 0 Å². The van der Waals surface area contributed by atoms with Crippen molar-refractivity contribution in [3.05, 3.63) is 18.2 Å². The Hall–Kier alpha value is -1.46. The van der Waals surface area contributed by atoms with Gasteiger partial charge in [0.25, 0.3) is 0 Å². The summed E-state index contributed by atoms with van der Waals surface area (Å²) in [6.07, 6.45) is 0. The van der Waals surface area contributed by atoms with Gasteiger partial charge in [-0.2, -0.15) is 0 Å². The second kappa shape index (κ2) is 6.98. The van der Waals surface area contributed by atoms with Crippen LogP contribution in [0.15, 0.2) is 18.2 Å². The quantitative estimate of drug-likeness (QED) is 0.603. The van der Waals surface area contributed by atoms with Crippen LogP contribution in [0.5, 0.6) is 5.75 Å². The third-order valence-corrected chi connectivity index (χ3v) is 2.40. The van der Waals surface area contributed by atoms with Crippen molar-refractivity contribution in [2.24, 2.45) is 0 Å². The van der Waals surface area contributed by atoms with E-state index in [2.05, 4.69) is 0 Å². The van der Waals surface area contributed by atoms with Crippen LogP contribution in [-0.4, -0.2) is 43.1 Å². The molecule has 4 N–H and O–H groups in total. The van der Waals surface area contributed by atoms with Crippen LogP contribution < -0.4 is 15.4 Å². The minimum Gasteiger partial charge on any atom is -0.492 e.